The third-order valence-electron chi connectivity index (χ3n) is 5.30. The Labute approximate surface area is 191 Å². The van der Waals surface area contributed by atoms with Gasteiger partial charge in [-0.2, -0.15) is 0 Å². The summed E-state index contributed by atoms with van der Waals surface area (Å²) in [6.07, 6.45) is -0.887. The molecule has 0 saturated heterocycles. The minimum absolute atomic E-state index is 0.0246. The van der Waals surface area contributed by atoms with E-state index in [-0.39, 0.29) is 35.8 Å². The van der Waals surface area contributed by atoms with Crippen molar-refractivity contribution < 1.29 is 27.8 Å². The number of carbonyl (C=O) groups is 1. The van der Waals surface area contributed by atoms with Crippen LogP contribution in [0.4, 0.5) is 26.4 Å². The minimum Gasteiger partial charge on any atom is -0.464 e. The van der Waals surface area contributed by atoms with Gasteiger partial charge in [-0.05, 0) is 73.0 Å². The summed E-state index contributed by atoms with van der Waals surface area (Å²) in [5, 5.41) is 19.1. The number of hydrogen-bond donors (Lipinski definition) is 3. The van der Waals surface area contributed by atoms with E-state index in [9.17, 15) is 32.6 Å². The molecule has 1 fully saturated rings. The highest BCUT2D eigenvalue weighted by Crippen LogP contribution is 2.47. The SMILES string of the molecule is Cc1cc(NS(=O)(=O)C2(CCO)CC2)c(N(C(=O)O)c2ccc(I)cc2F)n(C)c1=O. The summed E-state index contributed by atoms with van der Waals surface area (Å²) in [6.45, 7) is 1.14. The molecule has 0 aliphatic heterocycles. The van der Waals surface area contributed by atoms with E-state index < -0.39 is 32.2 Å². The zero-order chi connectivity index (χ0) is 23.1. The molecule has 9 nitrogen and oxygen atoms in total. The molecule has 1 heterocycles. The Bertz CT molecular complexity index is 1210. The smallest absolute Gasteiger partial charge is 0.417 e. The number of aryl methyl sites for hydroxylation is 1. The van der Waals surface area contributed by atoms with E-state index in [1.165, 1.54) is 32.2 Å². The number of carboxylic acid groups (broad SMARTS) is 1. The van der Waals surface area contributed by atoms with Gasteiger partial charge in [0.2, 0.25) is 10.0 Å². The van der Waals surface area contributed by atoms with E-state index in [1.54, 1.807) is 0 Å². The number of nitrogens with one attached hydrogen (secondary N) is 1. The van der Waals surface area contributed by atoms with E-state index in [1.807, 2.05) is 22.6 Å². The molecule has 0 bridgehead atoms. The fourth-order valence-corrected chi connectivity index (χ4v) is 5.56. The van der Waals surface area contributed by atoms with Gasteiger partial charge >= 0.3 is 6.09 Å². The number of aromatic nitrogens is 1. The maximum Gasteiger partial charge on any atom is 0.417 e. The number of amides is 1. The molecular formula is C19H21FIN3O6S. The highest BCUT2D eigenvalue weighted by Gasteiger charge is 2.54. The van der Waals surface area contributed by atoms with Gasteiger partial charge in [-0.25, -0.2) is 22.5 Å². The number of aliphatic hydroxyl groups is 1. The van der Waals surface area contributed by atoms with Gasteiger partial charge in [0, 0.05) is 22.8 Å². The third-order valence-corrected chi connectivity index (χ3v) is 8.22. The van der Waals surface area contributed by atoms with Crippen LogP contribution in [0.2, 0.25) is 0 Å². The number of anilines is 3. The van der Waals surface area contributed by atoms with Crippen molar-refractivity contribution in [1.82, 2.24) is 4.57 Å². The van der Waals surface area contributed by atoms with Gasteiger partial charge in [-0.3, -0.25) is 14.1 Å². The summed E-state index contributed by atoms with van der Waals surface area (Å²) in [6, 6.07) is 5.08. The second-order valence-corrected chi connectivity index (χ2v) is 10.7. The normalized spacial score (nSPS) is 14.9. The van der Waals surface area contributed by atoms with E-state index in [4.69, 9.17) is 0 Å². The molecule has 1 saturated carbocycles. The van der Waals surface area contributed by atoms with Gasteiger partial charge in [-0.15, -0.1) is 0 Å². The van der Waals surface area contributed by atoms with Crippen molar-refractivity contribution in [3.8, 4) is 0 Å². The molecule has 1 amide bonds. The van der Waals surface area contributed by atoms with Crippen LogP contribution >= 0.6 is 22.6 Å². The predicted molar refractivity (Wildman–Crippen MR) is 122 cm³/mol. The maximum absolute atomic E-state index is 14.7. The second kappa shape index (κ2) is 8.39. The number of aliphatic hydroxyl groups excluding tert-OH is 1. The molecule has 2 aromatic rings. The fourth-order valence-electron chi connectivity index (χ4n) is 3.45. The molecule has 31 heavy (non-hydrogen) atoms. The van der Waals surface area contributed by atoms with Crippen molar-refractivity contribution in [2.75, 3.05) is 16.2 Å². The van der Waals surface area contributed by atoms with Crippen LogP contribution < -0.4 is 15.2 Å². The van der Waals surface area contributed by atoms with Crippen molar-refractivity contribution >= 4 is 55.9 Å². The lowest BCUT2D eigenvalue weighted by Crippen LogP contribution is -2.36. The molecule has 0 unspecified atom stereocenters. The molecule has 1 aromatic carbocycles. The van der Waals surface area contributed by atoms with Gasteiger partial charge in [0.1, 0.15) is 11.6 Å². The second-order valence-electron chi connectivity index (χ2n) is 7.40. The monoisotopic (exact) mass is 565 g/mol. The topological polar surface area (TPSA) is 129 Å². The first-order valence-corrected chi connectivity index (χ1v) is 11.8. The molecule has 12 heteroatoms. The minimum atomic E-state index is -4.03. The number of pyridine rings is 1. The summed E-state index contributed by atoms with van der Waals surface area (Å²) in [5.41, 5.74) is -0.927. The summed E-state index contributed by atoms with van der Waals surface area (Å²) in [4.78, 5) is 25.2. The van der Waals surface area contributed by atoms with Crippen LogP contribution in [0.3, 0.4) is 0 Å². The first-order chi connectivity index (χ1) is 14.4. The highest BCUT2D eigenvalue weighted by molar-refractivity contribution is 14.1. The summed E-state index contributed by atoms with van der Waals surface area (Å²) in [7, 11) is -2.75. The van der Waals surface area contributed by atoms with Crippen molar-refractivity contribution in [1.29, 1.82) is 0 Å². The number of rotatable bonds is 7. The van der Waals surface area contributed by atoms with E-state index in [0.29, 0.717) is 21.3 Å². The van der Waals surface area contributed by atoms with Crippen molar-refractivity contribution in [3.05, 3.63) is 49.6 Å². The Balaban J connectivity index is 2.22. The number of halogens is 2. The Hall–Kier alpha value is -2.19. The molecule has 1 aliphatic carbocycles. The Morgan fingerprint density at radius 2 is 2.00 bits per heavy atom. The summed E-state index contributed by atoms with van der Waals surface area (Å²) in [5.74, 6) is -1.19. The van der Waals surface area contributed by atoms with Crippen molar-refractivity contribution in [2.45, 2.75) is 30.9 Å². The average molecular weight is 565 g/mol. The predicted octanol–water partition coefficient (Wildman–Crippen LogP) is 2.91. The zero-order valence-corrected chi connectivity index (χ0v) is 19.7. The first kappa shape index (κ1) is 23.5. The summed E-state index contributed by atoms with van der Waals surface area (Å²) < 4.78 is 43.4. The summed E-state index contributed by atoms with van der Waals surface area (Å²) >= 11 is 1.87. The van der Waals surface area contributed by atoms with E-state index >= 15 is 0 Å². The third kappa shape index (κ3) is 4.28. The van der Waals surface area contributed by atoms with Crippen LogP contribution in [0.25, 0.3) is 0 Å². The fraction of sp³-hybridized carbons (Fsp3) is 0.368. The Morgan fingerprint density at radius 3 is 2.52 bits per heavy atom. The van der Waals surface area contributed by atoms with Crippen LogP contribution in [-0.4, -0.2) is 40.6 Å². The lowest BCUT2D eigenvalue weighted by Gasteiger charge is -2.27. The van der Waals surface area contributed by atoms with Crippen LogP contribution in [-0.2, 0) is 17.1 Å². The van der Waals surface area contributed by atoms with Crippen molar-refractivity contribution in [2.24, 2.45) is 7.05 Å². The largest absolute Gasteiger partial charge is 0.464 e. The van der Waals surface area contributed by atoms with Gasteiger partial charge in [0.05, 0.1) is 16.1 Å². The quantitative estimate of drug-likeness (QED) is 0.443. The van der Waals surface area contributed by atoms with Crippen LogP contribution in [0.5, 0.6) is 0 Å². The standard InChI is InChI=1S/C19H21FIN3O6S/c1-11-9-14(22-31(29,30)19(5-6-19)7-8-25)16(23(2)17(11)26)24(18(27)28)15-4-3-12(21)10-13(15)20/h3-4,9-10,22,25H,5-8H2,1-2H3,(H,27,28). The number of hydrogen-bond acceptors (Lipinski definition) is 5. The molecule has 168 valence electrons. The maximum atomic E-state index is 14.7. The van der Waals surface area contributed by atoms with E-state index in [0.717, 1.165) is 10.6 Å². The van der Waals surface area contributed by atoms with Crippen LogP contribution in [0.15, 0.2) is 29.1 Å². The molecule has 3 rings (SSSR count). The molecule has 0 atom stereocenters. The van der Waals surface area contributed by atoms with Gasteiger partial charge in [0.25, 0.3) is 5.56 Å². The van der Waals surface area contributed by atoms with Crippen molar-refractivity contribution in [3.63, 3.8) is 0 Å². The average Bonchev–Trinajstić information content (AvgIpc) is 3.45. The Morgan fingerprint density at radius 1 is 1.35 bits per heavy atom. The van der Waals surface area contributed by atoms with Gasteiger partial charge in [0.15, 0.2) is 0 Å². The lowest BCUT2D eigenvalue weighted by atomic mass is 10.2. The van der Waals surface area contributed by atoms with Crippen LogP contribution in [0.1, 0.15) is 24.8 Å². The van der Waals surface area contributed by atoms with Gasteiger partial charge in [-0.1, -0.05) is 0 Å². The Kier molecular flexibility index (Phi) is 6.35. The van der Waals surface area contributed by atoms with Crippen LogP contribution in [0, 0.1) is 16.3 Å². The molecule has 1 aromatic heterocycles. The molecule has 3 N–H and O–H groups in total. The first-order valence-electron chi connectivity index (χ1n) is 9.26. The molecule has 0 radical (unpaired) electrons. The van der Waals surface area contributed by atoms with Gasteiger partial charge < -0.3 is 10.2 Å². The highest BCUT2D eigenvalue weighted by atomic mass is 127. The number of nitrogens with zero attached hydrogens (tertiary/aromatic N) is 2. The molecule has 1 aliphatic rings. The lowest BCUT2D eigenvalue weighted by molar-refractivity contribution is 0.204. The number of benzene rings is 1. The van der Waals surface area contributed by atoms with E-state index in [2.05, 4.69) is 4.72 Å². The number of sulfonamides is 1. The molecule has 0 spiro atoms. The molecular weight excluding hydrogens is 544 g/mol. The zero-order valence-electron chi connectivity index (χ0n) is 16.7.